The van der Waals surface area contributed by atoms with E-state index in [1.54, 1.807) is 0 Å². The molecule has 1 aromatic heterocycles. The summed E-state index contributed by atoms with van der Waals surface area (Å²) in [5, 5.41) is 6.77. The fourth-order valence-electron chi connectivity index (χ4n) is 7.32. The highest BCUT2D eigenvalue weighted by atomic mass is 35.5. The van der Waals surface area contributed by atoms with E-state index in [9.17, 15) is 4.79 Å². The predicted octanol–water partition coefficient (Wildman–Crippen LogP) is 4.77. The number of nitrogens with one attached hydrogen (secondary N) is 2. The van der Waals surface area contributed by atoms with E-state index in [1.165, 1.54) is 44.9 Å². The minimum Gasteiger partial charge on any atom is -0.340 e. The van der Waals surface area contributed by atoms with Crippen LogP contribution in [0.15, 0.2) is 42.9 Å². The van der Waals surface area contributed by atoms with E-state index in [0.29, 0.717) is 5.56 Å². The van der Waals surface area contributed by atoms with Crippen molar-refractivity contribution in [1.29, 1.82) is 0 Å². The first-order chi connectivity index (χ1) is 16.0. The average Bonchev–Trinajstić information content (AvgIpc) is 3.22. The summed E-state index contributed by atoms with van der Waals surface area (Å²) in [6.45, 7) is 2.08. The molecule has 1 amide bonds. The molecule has 33 heavy (non-hydrogen) atoms. The number of rotatable bonds is 10. The molecule has 0 radical (unpaired) electrons. The Bertz CT molecular complexity index is 929. The summed E-state index contributed by atoms with van der Waals surface area (Å²) in [7, 11) is 2.02. The van der Waals surface area contributed by atoms with E-state index in [4.69, 9.17) is 11.6 Å². The van der Waals surface area contributed by atoms with E-state index in [1.807, 2.05) is 48.3 Å². The Morgan fingerprint density at radius 3 is 2.64 bits per heavy atom. The number of nitrogens with zero attached hydrogens (tertiary/aromatic N) is 2. The number of carbonyl (C=O) groups excluding carboxylic acids is 1. The van der Waals surface area contributed by atoms with E-state index in [2.05, 4.69) is 21.8 Å². The molecule has 178 valence electrons. The monoisotopic (exact) mass is 468 g/mol. The molecule has 0 spiro atoms. The highest BCUT2D eigenvalue weighted by Crippen LogP contribution is 2.64. The Morgan fingerprint density at radius 2 is 1.94 bits per heavy atom. The average molecular weight is 469 g/mol. The molecule has 3 atom stereocenters. The number of halogens is 1. The second-order valence-corrected chi connectivity index (χ2v) is 11.3. The second-order valence-electron chi connectivity index (χ2n) is 10.9. The highest BCUT2D eigenvalue weighted by Gasteiger charge is 2.57. The normalized spacial score (nSPS) is 31.0. The van der Waals surface area contributed by atoms with Gasteiger partial charge in [0.2, 0.25) is 0 Å². The third kappa shape index (κ3) is 5.00. The lowest BCUT2D eigenvalue weighted by molar-refractivity contribution is -0.101. The maximum atomic E-state index is 12.7. The molecule has 6 heteroatoms. The molecule has 2 aromatic rings. The molecule has 2 N–H and O–H groups in total. The van der Waals surface area contributed by atoms with Crippen LogP contribution in [0.1, 0.15) is 61.0 Å². The smallest absolute Gasteiger partial charge is 0.252 e. The van der Waals surface area contributed by atoms with Gasteiger partial charge in [-0.2, -0.15) is 0 Å². The number of hydrogen-bond acceptors (Lipinski definition) is 3. The van der Waals surface area contributed by atoms with Gasteiger partial charge in [-0.25, -0.2) is 4.98 Å². The van der Waals surface area contributed by atoms with Crippen molar-refractivity contribution >= 4 is 17.5 Å². The van der Waals surface area contributed by atoms with Gasteiger partial charge >= 0.3 is 0 Å². The number of carbonyl (C=O) groups is 1. The van der Waals surface area contributed by atoms with Crippen LogP contribution in [-0.2, 0) is 13.5 Å². The number of aryl methyl sites for hydroxylation is 1. The van der Waals surface area contributed by atoms with Gasteiger partial charge in [-0.1, -0.05) is 29.8 Å². The molecule has 4 aliphatic rings. The van der Waals surface area contributed by atoms with Crippen molar-refractivity contribution in [3.63, 3.8) is 0 Å². The Labute approximate surface area is 202 Å². The van der Waals surface area contributed by atoms with Crippen molar-refractivity contribution in [3.05, 3.63) is 54.1 Å². The van der Waals surface area contributed by atoms with E-state index >= 15 is 0 Å². The van der Waals surface area contributed by atoms with Crippen molar-refractivity contribution in [3.8, 4) is 0 Å². The standard InChI is InChI=1S/C27H37ClN4O/c1-32-17-23(30-18-32)9-11-29-10-5-8-24-21-12-19-13-22(24)16-27(14-19,15-21)26(28)31-25(33)20-6-3-2-4-7-20/h2-4,6-7,17-19,21-22,24,26,29H,5,8-16H2,1H3,(H,31,33). The molecule has 3 unspecified atom stereocenters. The maximum Gasteiger partial charge on any atom is 0.252 e. The quantitative estimate of drug-likeness (QED) is 0.300. The minimum atomic E-state index is -0.271. The summed E-state index contributed by atoms with van der Waals surface area (Å²) in [5.41, 5.74) is 1.67. The third-order valence-electron chi connectivity index (χ3n) is 8.55. The zero-order valence-corrected chi connectivity index (χ0v) is 20.4. The number of aromatic nitrogens is 2. The van der Waals surface area contributed by atoms with Crippen LogP contribution in [0.4, 0.5) is 0 Å². The van der Waals surface area contributed by atoms with Gasteiger partial charge < -0.3 is 15.2 Å². The molecule has 6 rings (SSSR count). The first kappa shape index (κ1) is 22.9. The summed E-state index contributed by atoms with van der Waals surface area (Å²) in [6.07, 6.45) is 13.8. The second kappa shape index (κ2) is 9.79. The topological polar surface area (TPSA) is 59.0 Å². The van der Waals surface area contributed by atoms with Crippen molar-refractivity contribution in [2.24, 2.45) is 36.1 Å². The van der Waals surface area contributed by atoms with Crippen LogP contribution in [0.2, 0.25) is 0 Å². The number of benzene rings is 1. The Balaban J connectivity index is 1.10. The Hall–Kier alpha value is -1.85. The Kier molecular flexibility index (Phi) is 6.80. The van der Waals surface area contributed by atoms with Gasteiger partial charge in [0.15, 0.2) is 0 Å². The van der Waals surface area contributed by atoms with Crippen molar-refractivity contribution in [1.82, 2.24) is 20.2 Å². The Morgan fingerprint density at radius 1 is 1.18 bits per heavy atom. The lowest BCUT2D eigenvalue weighted by atomic mass is 9.45. The van der Waals surface area contributed by atoms with E-state index in [0.717, 1.165) is 48.9 Å². The molecular weight excluding hydrogens is 432 g/mol. The maximum absolute atomic E-state index is 12.7. The lowest BCUT2D eigenvalue weighted by Crippen LogP contribution is -2.57. The number of hydrogen-bond donors (Lipinski definition) is 2. The van der Waals surface area contributed by atoms with Crippen LogP contribution >= 0.6 is 11.6 Å². The summed E-state index contributed by atoms with van der Waals surface area (Å²) < 4.78 is 2.01. The van der Waals surface area contributed by atoms with Crippen LogP contribution < -0.4 is 10.6 Å². The van der Waals surface area contributed by atoms with Gasteiger partial charge in [-0.15, -0.1) is 0 Å². The molecule has 0 saturated heterocycles. The van der Waals surface area contributed by atoms with Gasteiger partial charge in [0.1, 0.15) is 5.50 Å². The van der Waals surface area contributed by atoms with Crippen LogP contribution in [0, 0.1) is 29.1 Å². The van der Waals surface area contributed by atoms with Gasteiger partial charge in [0, 0.05) is 37.2 Å². The summed E-state index contributed by atoms with van der Waals surface area (Å²) >= 11 is 6.96. The molecule has 1 heterocycles. The number of imidazole rings is 1. The van der Waals surface area contributed by atoms with Crippen LogP contribution in [0.5, 0.6) is 0 Å². The first-order valence-corrected chi connectivity index (χ1v) is 13.1. The summed E-state index contributed by atoms with van der Waals surface area (Å²) in [5.74, 6) is 3.14. The van der Waals surface area contributed by atoms with Crippen molar-refractivity contribution in [2.75, 3.05) is 13.1 Å². The van der Waals surface area contributed by atoms with Crippen molar-refractivity contribution in [2.45, 2.75) is 56.9 Å². The third-order valence-corrected chi connectivity index (χ3v) is 9.13. The van der Waals surface area contributed by atoms with Gasteiger partial charge in [-0.3, -0.25) is 4.79 Å². The summed E-state index contributed by atoms with van der Waals surface area (Å²) in [4.78, 5) is 17.1. The van der Waals surface area contributed by atoms with E-state index in [-0.39, 0.29) is 16.8 Å². The molecule has 5 nitrogen and oxygen atoms in total. The molecule has 4 saturated carbocycles. The van der Waals surface area contributed by atoms with Gasteiger partial charge in [0.25, 0.3) is 5.91 Å². The zero-order chi connectivity index (χ0) is 22.8. The van der Waals surface area contributed by atoms with Crippen LogP contribution in [0.3, 0.4) is 0 Å². The number of alkyl halides is 1. The SMILES string of the molecule is Cn1cnc(CCNCCCC2C3CC4CC2CC(C(Cl)NC(=O)c2ccccc2)(C4)C3)c1. The van der Waals surface area contributed by atoms with Crippen molar-refractivity contribution < 1.29 is 4.79 Å². The fourth-order valence-corrected chi connectivity index (χ4v) is 7.68. The largest absolute Gasteiger partial charge is 0.340 e. The fraction of sp³-hybridized carbons (Fsp3) is 0.630. The predicted molar refractivity (Wildman–Crippen MR) is 132 cm³/mol. The van der Waals surface area contributed by atoms with E-state index < -0.39 is 0 Å². The first-order valence-electron chi connectivity index (χ1n) is 12.7. The minimum absolute atomic E-state index is 0.0420. The zero-order valence-electron chi connectivity index (χ0n) is 19.7. The number of amides is 1. The molecule has 4 fully saturated rings. The van der Waals surface area contributed by atoms with Crippen LogP contribution in [0.25, 0.3) is 0 Å². The molecular formula is C27H37ClN4O. The van der Waals surface area contributed by atoms with Gasteiger partial charge in [-0.05, 0) is 87.3 Å². The molecule has 4 aliphatic carbocycles. The van der Waals surface area contributed by atoms with Crippen LogP contribution in [-0.4, -0.2) is 34.0 Å². The molecule has 4 bridgehead atoms. The lowest BCUT2D eigenvalue weighted by Gasteiger charge is -2.61. The summed E-state index contributed by atoms with van der Waals surface area (Å²) in [6, 6.07) is 9.46. The molecule has 0 aliphatic heterocycles. The molecule has 1 aromatic carbocycles. The van der Waals surface area contributed by atoms with Gasteiger partial charge in [0.05, 0.1) is 12.0 Å². The highest BCUT2D eigenvalue weighted by molar-refractivity contribution is 6.22.